The van der Waals surface area contributed by atoms with E-state index in [1.807, 2.05) is 0 Å². The molecule has 2 saturated heterocycles. The summed E-state index contributed by atoms with van der Waals surface area (Å²) in [6, 6.07) is 5.54. The summed E-state index contributed by atoms with van der Waals surface area (Å²) in [5, 5.41) is 0. The van der Waals surface area contributed by atoms with Crippen LogP contribution in [0, 0.1) is 0 Å². The number of carbonyl (C=O) groups excluding carboxylic acids is 1. The lowest BCUT2D eigenvalue weighted by molar-refractivity contribution is -0.119. The highest BCUT2D eigenvalue weighted by Gasteiger charge is 2.31. The number of rotatable bonds is 4. The van der Waals surface area contributed by atoms with Crippen LogP contribution in [-0.2, 0) is 24.7 Å². The Morgan fingerprint density at radius 3 is 2.42 bits per heavy atom. The van der Waals surface area contributed by atoms with Gasteiger partial charge in [-0.25, -0.2) is 21.6 Å². The smallest absolute Gasteiger partial charge is 0.240 e. The van der Waals surface area contributed by atoms with E-state index in [9.17, 15) is 21.6 Å². The molecule has 132 valence electrons. The number of sulfone groups is 1. The van der Waals surface area contributed by atoms with Crippen molar-refractivity contribution in [2.45, 2.75) is 36.6 Å². The Balaban J connectivity index is 1.73. The van der Waals surface area contributed by atoms with Crippen molar-refractivity contribution in [1.82, 2.24) is 4.72 Å². The summed E-state index contributed by atoms with van der Waals surface area (Å²) in [6.07, 6.45) is 2.62. The Bertz CT molecular complexity index is 831. The molecule has 1 N–H and O–H groups in total. The van der Waals surface area contributed by atoms with Crippen LogP contribution in [0.15, 0.2) is 29.2 Å². The monoisotopic (exact) mass is 372 g/mol. The zero-order chi connectivity index (χ0) is 17.4. The fourth-order valence-corrected chi connectivity index (χ4v) is 6.11. The van der Waals surface area contributed by atoms with Gasteiger partial charge in [-0.2, -0.15) is 0 Å². The van der Waals surface area contributed by atoms with Crippen LogP contribution in [0.25, 0.3) is 0 Å². The fraction of sp³-hybridized carbons (Fsp3) is 0.533. The molecule has 0 bridgehead atoms. The van der Waals surface area contributed by atoms with Crippen LogP contribution < -0.4 is 9.62 Å². The molecule has 1 aromatic rings. The number of nitrogens with zero attached hydrogens (tertiary/aromatic N) is 1. The van der Waals surface area contributed by atoms with Crippen LogP contribution in [0.1, 0.15) is 25.7 Å². The van der Waals surface area contributed by atoms with E-state index in [-0.39, 0.29) is 22.3 Å². The molecule has 1 aromatic carbocycles. The molecular weight excluding hydrogens is 352 g/mol. The van der Waals surface area contributed by atoms with Gasteiger partial charge in [-0.15, -0.1) is 0 Å². The van der Waals surface area contributed by atoms with Gasteiger partial charge in [-0.05, 0) is 43.5 Å². The fourth-order valence-electron chi connectivity index (χ4n) is 3.06. The van der Waals surface area contributed by atoms with E-state index in [4.69, 9.17) is 0 Å². The molecule has 0 radical (unpaired) electrons. The molecule has 2 aliphatic rings. The number of amides is 1. The van der Waals surface area contributed by atoms with Gasteiger partial charge in [-0.3, -0.25) is 4.79 Å². The molecular formula is C15H20N2O5S2. The van der Waals surface area contributed by atoms with E-state index in [2.05, 4.69) is 4.72 Å². The average Bonchev–Trinajstić information content (AvgIpc) is 2.86. The largest absolute Gasteiger partial charge is 0.312 e. The summed E-state index contributed by atoms with van der Waals surface area (Å²) in [5.74, 6) is -0.103. The van der Waals surface area contributed by atoms with Crippen molar-refractivity contribution in [1.29, 1.82) is 0 Å². The van der Waals surface area contributed by atoms with Crippen LogP contribution in [-0.4, -0.2) is 46.8 Å². The van der Waals surface area contributed by atoms with Gasteiger partial charge in [0.1, 0.15) is 0 Å². The quantitative estimate of drug-likeness (QED) is 0.837. The third-order valence-electron chi connectivity index (χ3n) is 4.34. The first-order chi connectivity index (χ1) is 11.3. The van der Waals surface area contributed by atoms with Gasteiger partial charge < -0.3 is 4.90 Å². The molecule has 1 amide bonds. The van der Waals surface area contributed by atoms with E-state index in [1.54, 1.807) is 17.0 Å². The Labute approximate surface area is 142 Å². The molecule has 0 saturated carbocycles. The van der Waals surface area contributed by atoms with Crippen LogP contribution in [0.4, 0.5) is 5.69 Å². The number of sulfonamides is 1. The Kier molecular flexibility index (Phi) is 4.67. The summed E-state index contributed by atoms with van der Waals surface area (Å²) in [5.41, 5.74) is 0.682. The van der Waals surface area contributed by atoms with Gasteiger partial charge in [0.15, 0.2) is 9.84 Å². The highest BCUT2D eigenvalue weighted by Crippen LogP contribution is 2.23. The second kappa shape index (κ2) is 6.45. The van der Waals surface area contributed by atoms with E-state index in [0.717, 1.165) is 12.8 Å². The molecule has 0 spiro atoms. The van der Waals surface area contributed by atoms with E-state index < -0.39 is 25.9 Å². The molecule has 2 aliphatic heterocycles. The predicted molar refractivity (Wildman–Crippen MR) is 90.0 cm³/mol. The molecule has 24 heavy (non-hydrogen) atoms. The molecule has 0 aliphatic carbocycles. The lowest BCUT2D eigenvalue weighted by Gasteiger charge is -2.26. The Hall–Kier alpha value is -1.45. The van der Waals surface area contributed by atoms with Crippen LogP contribution >= 0.6 is 0 Å². The predicted octanol–water partition coefficient (Wildman–Crippen LogP) is 0.669. The number of piperidine rings is 1. The van der Waals surface area contributed by atoms with Crippen molar-refractivity contribution in [2.75, 3.05) is 23.0 Å². The minimum atomic E-state index is -3.77. The van der Waals surface area contributed by atoms with Crippen molar-refractivity contribution >= 4 is 31.5 Å². The normalized spacial score (nSPS) is 24.2. The first-order valence-corrected chi connectivity index (χ1v) is 11.2. The molecule has 3 rings (SSSR count). The maximum atomic E-state index is 12.4. The second-order valence-corrected chi connectivity index (χ2v) is 10.2. The van der Waals surface area contributed by atoms with Gasteiger partial charge in [0.2, 0.25) is 15.9 Å². The van der Waals surface area contributed by atoms with Crippen molar-refractivity contribution in [3.05, 3.63) is 24.3 Å². The SMILES string of the molecule is O=C1CCCCN1c1ccc(S(=O)(=O)N[C@@H]2CCS(=O)(=O)C2)cc1. The van der Waals surface area contributed by atoms with Crippen LogP contribution in [0.3, 0.4) is 0 Å². The summed E-state index contributed by atoms with van der Waals surface area (Å²) >= 11 is 0. The number of anilines is 1. The van der Waals surface area contributed by atoms with Crippen LogP contribution in [0.2, 0.25) is 0 Å². The number of nitrogens with one attached hydrogen (secondary N) is 1. The van der Waals surface area contributed by atoms with Gasteiger partial charge in [0.05, 0.1) is 16.4 Å². The third-order valence-corrected chi connectivity index (χ3v) is 7.64. The highest BCUT2D eigenvalue weighted by atomic mass is 32.2. The molecule has 7 nitrogen and oxygen atoms in total. The topological polar surface area (TPSA) is 101 Å². The third kappa shape index (κ3) is 3.79. The molecule has 2 heterocycles. The number of benzene rings is 1. The molecule has 2 fully saturated rings. The molecule has 9 heteroatoms. The summed E-state index contributed by atoms with van der Waals surface area (Å²) < 4.78 is 50.1. The zero-order valence-electron chi connectivity index (χ0n) is 13.1. The van der Waals surface area contributed by atoms with Crippen molar-refractivity contribution < 1.29 is 21.6 Å². The average molecular weight is 372 g/mol. The number of hydrogen-bond donors (Lipinski definition) is 1. The van der Waals surface area contributed by atoms with Gasteiger partial charge in [0.25, 0.3) is 0 Å². The van der Waals surface area contributed by atoms with Crippen molar-refractivity contribution in [3.8, 4) is 0 Å². The second-order valence-electron chi connectivity index (χ2n) is 6.22. The molecule has 0 unspecified atom stereocenters. The van der Waals surface area contributed by atoms with Crippen molar-refractivity contribution in [2.24, 2.45) is 0 Å². The maximum absolute atomic E-state index is 12.4. The minimum absolute atomic E-state index is 0.0101. The molecule has 0 aromatic heterocycles. The molecule has 1 atom stereocenters. The first-order valence-electron chi connectivity index (χ1n) is 7.90. The van der Waals surface area contributed by atoms with Gasteiger partial charge >= 0.3 is 0 Å². The maximum Gasteiger partial charge on any atom is 0.240 e. The highest BCUT2D eigenvalue weighted by molar-refractivity contribution is 7.92. The number of hydrogen-bond acceptors (Lipinski definition) is 5. The van der Waals surface area contributed by atoms with Gasteiger partial charge in [-0.1, -0.05) is 0 Å². The number of carbonyl (C=O) groups is 1. The Morgan fingerprint density at radius 2 is 1.83 bits per heavy atom. The first kappa shape index (κ1) is 17.4. The van der Waals surface area contributed by atoms with Crippen molar-refractivity contribution in [3.63, 3.8) is 0 Å². The summed E-state index contributed by atoms with van der Waals surface area (Å²) in [6.45, 7) is 0.642. The lowest BCUT2D eigenvalue weighted by Crippen LogP contribution is -2.36. The van der Waals surface area contributed by atoms with E-state index in [1.165, 1.54) is 12.1 Å². The minimum Gasteiger partial charge on any atom is -0.312 e. The Morgan fingerprint density at radius 1 is 1.12 bits per heavy atom. The summed E-state index contributed by atoms with van der Waals surface area (Å²) in [4.78, 5) is 13.6. The summed E-state index contributed by atoms with van der Waals surface area (Å²) in [7, 11) is -6.92. The standard InChI is InChI=1S/C15H20N2O5S2/c18-15-3-1-2-9-17(15)13-4-6-14(7-5-13)24(21,22)16-12-8-10-23(19,20)11-12/h4-7,12,16H,1-3,8-11H2/t12-/m1/s1. The van der Waals surface area contributed by atoms with Gasteiger partial charge in [0, 0.05) is 24.7 Å². The lowest BCUT2D eigenvalue weighted by atomic mass is 10.1. The zero-order valence-corrected chi connectivity index (χ0v) is 14.8. The van der Waals surface area contributed by atoms with Crippen LogP contribution in [0.5, 0.6) is 0 Å². The van der Waals surface area contributed by atoms with E-state index in [0.29, 0.717) is 25.1 Å². The van der Waals surface area contributed by atoms with E-state index >= 15 is 0 Å².